The summed E-state index contributed by atoms with van der Waals surface area (Å²) in [6, 6.07) is 0. The third kappa shape index (κ3) is 58.9. The second-order valence-corrected chi connectivity index (χ2v) is 19.7. The average Bonchev–Trinajstić information content (AvgIpc) is 3.38. The SMILES string of the molecule is CC/C=C\C/C=C\C/C=C\C/C=C\C/C=C\C/C=C\C/C=C\C/C=C\CCCCCCCCCCCCC(=O)OC(CO)COC(=O)CCCCCCCCCCCCC/C=C\C/C=C\CCCCCCC. The van der Waals surface area contributed by atoms with Crippen LogP contribution in [0.2, 0.25) is 0 Å². The van der Waals surface area contributed by atoms with Crippen molar-refractivity contribution in [2.45, 2.75) is 277 Å². The number of rotatable bonds is 54. The fourth-order valence-corrected chi connectivity index (χ4v) is 8.25. The highest BCUT2D eigenvalue weighted by molar-refractivity contribution is 5.70. The maximum absolute atomic E-state index is 12.3. The van der Waals surface area contributed by atoms with E-state index in [0.717, 1.165) is 96.3 Å². The molecule has 0 saturated carbocycles. The maximum Gasteiger partial charge on any atom is 0.306 e. The highest BCUT2D eigenvalue weighted by atomic mass is 16.6. The van der Waals surface area contributed by atoms with E-state index in [9.17, 15) is 14.7 Å². The van der Waals surface area contributed by atoms with E-state index in [1.54, 1.807) is 0 Å². The third-order valence-corrected chi connectivity index (χ3v) is 12.7. The second kappa shape index (κ2) is 61.6. The summed E-state index contributed by atoms with van der Waals surface area (Å²) < 4.78 is 10.7. The Labute approximate surface area is 445 Å². The Morgan fingerprint density at radius 3 is 0.903 bits per heavy atom. The molecule has 5 heteroatoms. The van der Waals surface area contributed by atoms with Crippen LogP contribution >= 0.6 is 0 Å². The Hall–Kier alpha value is -3.70. The molecule has 0 aliphatic rings. The lowest BCUT2D eigenvalue weighted by molar-refractivity contribution is -0.161. The predicted octanol–water partition coefficient (Wildman–Crippen LogP) is 20.6. The molecule has 410 valence electrons. The molecule has 1 N–H and O–H groups in total. The van der Waals surface area contributed by atoms with Crippen LogP contribution in [0.5, 0.6) is 0 Å². The first-order valence-corrected chi connectivity index (χ1v) is 30.1. The molecule has 0 spiro atoms. The van der Waals surface area contributed by atoms with Gasteiger partial charge in [0.1, 0.15) is 6.61 Å². The van der Waals surface area contributed by atoms with Gasteiger partial charge in [0, 0.05) is 12.8 Å². The highest BCUT2D eigenvalue weighted by Crippen LogP contribution is 2.15. The number of esters is 2. The lowest BCUT2D eigenvalue weighted by Crippen LogP contribution is -2.28. The van der Waals surface area contributed by atoms with Gasteiger partial charge in [-0.15, -0.1) is 0 Å². The largest absolute Gasteiger partial charge is 0.462 e. The minimum absolute atomic E-state index is 0.0735. The third-order valence-electron chi connectivity index (χ3n) is 12.7. The van der Waals surface area contributed by atoms with E-state index in [1.807, 2.05) is 0 Å². The van der Waals surface area contributed by atoms with Gasteiger partial charge in [-0.05, 0) is 109 Å². The van der Waals surface area contributed by atoms with Gasteiger partial charge in [-0.3, -0.25) is 9.59 Å². The molecule has 0 bridgehead atoms. The molecule has 0 aliphatic heterocycles. The van der Waals surface area contributed by atoms with E-state index in [2.05, 4.69) is 135 Å². The van der Waals surface area contributed by atoms with Gasteiger partial charge in [0.25, 0.3) is 0 Å². The van der Waals surface area contributed by atoms with Crippen LogP contribution in [0, 0.1) is 0 Å². The number of aliphatic hydroxyl groups is 1. The van der Waals surface area contributed by atoms with Gasteiger partial charge in [0.2, 0.25) is 0 Å². The van der Waals surface area contributed by atoms with E-state index < -0.39 is 6.10 Å². The summed E-state index contributed by atoms with van der Waals surface area (Å²) >= 11 is 0. The zero-order chi connectivity index (χ0) is 52.0. The van der Waals surface area contributed by atoms with Gasteiger partial charge in [-0.2, -0.15) is 0 Å². The van der Waals surface area contributed by atoms with Crippen LogP contribution in [-0.2, 0) is 19.1 Å². The quantitative estimate of drug-likeness (QED) is 0.0373. The van der Waals surface area contributed by atoms with Gasteiger partial charge in [-0.25, -0.2) is 0 Å². The zero-order valence-corrected chi connectivity index (χ0v) is 46.9. The second-order valence-electron chi connectivity index (χ2n) is 19.7. The molecule has 0 aromatic rings. The minimum atomic E-state index is -0.784. The van der Waals surface area contributed by atoms with Crippen LogP contribution in [0.15, 0.2) is 122 Å². The summed E-state index contributed by atoms with van der Waals surface area (Å²) in [5, 5.41) is 9.67. The molecular weight excluding hydrogens is 885 g/mol. The van der Waals surface area contributed by atoms with Gasteiger partial charge >= 0.3 is 11.9 Å². The van der Waals surface area contributed by atoms with Crippen LogP contribution in [0.3, 0.4) is 0 Å². The topological polar surface area (TPSA) is 72.8 Å². The average molecular weight is 998 g/mol. The van der Waals surface area contributed by atoms with Gasteiger partial charge < -0.3 is 14.6 Å². The molecule has 72 heavy (non-hydrogen) atoms. The summed E-state index contributed by atoms with van der Waals surface area (Å²) in [4.78, 5) is 24.6. The first-order chi connectivity index (χ1) is 35.6. The molecule has 0 saturated heterocycles. The molecule has 0 radical (unpaired) electrons. The number of allylic oxidation sites excluding steroid dienone is 20. The highest BCUT2D eigenvalue weighted by Gasteiger charge is 2.16. The van der Waals surface area contributed by atoms with Crippen molar-refractivity contribution < 1.29 is 24.2 Å². The first kappa shape index (κ1) is 68.3. The van der Waals surface area contributed by atoms with Crippen LogP contribution in [0.25, 0.3) is 0 Å². The van der Waals surface area contributed by atoms with E-state index in [-0.39, 0.29) is 25.2 Å². The number of hydrogen-bond donors (Lipinski definition) is 1. The van der Waals surface area contributed by atoms with Crippen LogP contribution < -0.4 is 0 Å². The molecule has 0 amide bonds. The van der Waals surface area contributed by atoms with Crippen molar-refractivity contribution in [3.8, 4) is 0 Å². The molecule has 0 heterocycles. The fraction of sp³-hybridized carbons (Fsp3) is 0.672. The molecule has 0 aliphatic carbocycles. The predicted molar refractivity (Wildman–Crippen MR) is 315 cm³/mol. The van der Waals surface area contributed by atoms with E-state index in [4.69, 9.17) is 9.47 Å². The fourth-order valence-electron chi connectivity index (χ4n) is 8.25. The van der Waals surface area contributed by atoms with Gasteiger partial charge in [-0.1, -0.05) is 270 Å². The van der Waals surface area contributed by atoms with Crippen molar-refractivity contribution in [1.82, 2.24) is 0 Å². The van der Waals surface area contributed by atoms with Crippen molar-refractivity contribution >= 4 is 11.9 Å². The Bertz CT molecular complexity index is 1450. The Kier molecular flexibility index (Phi) is 58.4. The summed E-state index contributed by atoms with van der Waals surface area (Å²) in [6.07, 6.45) is 90.3. The lowest BCUT2D eigenvalue weighted by atomic mass is 10.0. The molecule has 1 unspecified atom stereocenters. The van der Waals surface area contributed by atoms with Crippen LogP contribution in [-0.4, -0.2) is 36.4 Å². The number of unbranched alkanes of at least 4 members (excludes halogenated alkanes) is 26. The molecule has 0 rings (SSSR count). The molecular formula is C67H112O5. The number of aliphatic hydroxyl groups excluding tert-OH is 1. The maximum atomic E-state index is 12.3. The molecule has 0 aromatic carbocycles. The number of hydrogen-bond acceptors (Lipinski definition) is 5. The van der Waals surface area contributed by atoms with Crippen molar-refractivity contribution in [2.24, 2.45) is 0 Å². The smallest absolute Gasteiger partial charge is 0.306 e. The number of ether oxygens (including phenoxy) is 2. The van der Waals surface area contributed by atoms with E-state index >= 15 is 0 Å². The van der Waals surface area contributed by atoms with E-state index in [1.165, 1.54) is 148 Å². The summed E-state index contributed by atoms with van der Waals surface area (Å²) in [6.45, 7) is 4.02. The van der Waals surface area contributed by atoms with Gasteiger partial charge in [0.05, 0.1) is 6.61 Å². The Balaban J connectivity index is 3.55. The molecule has 1 atom stereocenters. The molecule has 0 fully saturated rings. The van der Waals surface area contributed by atoms with Crippen LogP contribution in [0.1, 0.15) is 271 Å². The molecule has 5 nitrogen and oxygen atoms in total. The van der Waals surface area contributed by atoms with Gasteiger partial charge in [0.15, 0.2) is 6.10 Å². The van der Waals surface area contributed by atoms with Crippen molar-refractivity contribution in [1.29, 1.82) is 0 Å². The summed E-state index contributed by atoms with van der Waals surface area (Å²) in [5.41, 5.74) is 0. The van der Waals surface area contributed by atoms with E-state index in [0.29, 0.717) is 12.8 Å². The zero-order valence-electron chi connectivity index (χ0n) is 46.9. The normalized spacial score (nSPS) is 13.1. The minimum Gasteiger partial charge on any atom is -0.462 e. The van der Waals surface area contributed by atoms with Crippen LogP contribution in [0.4, 0.5) is 0 Å². The first-order valence-electron chi connectivity index (χ1n) is 30.1. The van der Waals surface area contributed by atoms with Crippen molar-refractivity contribution in [3.63, 3.8) is 0 Å². The number of carbonyl (C=O) groups excluding carboxylic acids is 2. The van der Waals surface area contributed by atoms with Crippen molar-refractivity contribution in [3.05, 3.63) is 122 Å². The molecule has 0 aromatic heterocycles. The Morgan fingerprint density at radius 2 is 0.597 bits per heavy atom. The lowest BCUT2D eigenvalue weighted by Gasteiger charge is -2.15. The van der Waals surface area contributed by atoms with Crippen molar-refractivity contribution in [2.75, 3.05) is 13.2 Å². The summed E-state index contributed by atoms with van der Waals surface area (Å²) in [5.74, 6) is -0.598. The monoisotopic (exact) mass is 997 g/mol. The summed E-state index contributed by atoms with van der Waals surface area (Å²) in [7, 11) is 0. The Morgan fingerprint density at radius 1 is 0.333 bits per heavy atom. The number of carbonyl (C=O) groups is 2. The standard InChI is InChI=1S/C67H112O5/c1-3-5-7-9-11-13-15-17-19-21-23-25-27-28-29-30-31-32-33-34-35-36-37-38-40-42-44-46-48-50-52-54-56-58-60-62-67(70)72-65(63-68)64-71-66(69)61-59-57-55-53-51-49-47-45-43-41-39-26-24-22-20-18-16-14-12-10-8-6-4-2/h5,7,11,13,16-19,22-25,28-29,31-32,34-35,37-38,65,68H,3-4,6,8-10,12,14-15,20-21,26-27,30,33,36,39-64H2,1-2H3/b7-5-,13-11-,18-16-,19-17-,24-22-,25-23-,29-28-,32-31-,35-34-,38-37-.